The maximum absolute atomic E-state index is 14.5. The van der Waals surface area contributed by atoms with Gasteiger partial charge >= 0.3 is 11.9 Å². The molecule has 3 aromatic rings. The highest BCUT2D eigenvalue weighted by atomic mass is 19.3. The van der Waals surface area contributed by atoms with Crippen LogP contribution in [-0.2, 0) is 9.53 Å². The van der Waals surface area contributed by atoms with Crippen molar-refractivity contribution in [1.29, 1.82) is 0 Å². The van der Waals surface area contributed by atoms with Crippen molar-refractivity contribution in [3.63, 3.8) is 0 Å². The molecule has 0 aliphatic heterocycles. The van der Waals surface area contributed by atoms with Crippen molar-refractivity contribution < 1.29 is 18.3 Å². The summed E-state index contributed by atoms with van der Waals surface area (Å²) in [4.78, 5) is 11.7. The van der Waals surface area contributed by atoms with Crippen LogP contribution in [-0.4, -0.2) is 18.5 Å². The largest absolute Gasteiger partial charge is 0.462 e. The van der Waals surface area contributed by atoms with Gasteiger partial charge in [-0.1, -0.05) is 48.5 Å². The van der Waals surface area contributed by atoms with E-state index in [-0.39, 0.29) is 12.2 Å². The van der Waals surface area contributed by atoms with Crippen molar-refractivity contribution in [1.82, 2.24) is 0 Å². The maximum atomic E-state index is 14.5. The Hall–Kier alpha value is -2.53. The second-order valence-corrected chi connectivity index (χ2v) is 5.55. The summed E-state index contributed by atoms with van der Waals surface area (Å²) in [6.07, 6.45) is 0. The zero-order valence-electron chi connectivity index (χ0n) is 13.1. The molecule has 3 nitrogen and oxygen atoms in total. The lowest BCUT2D eigenvalue weighted by atomic mass is 9.90. The molecule has 0 amide bonds. The van der Waals surface area contributed by atoms with Crippen LogP contribution in [0.2, 0.25) is 0 Å². The second kappa shape index (κ2) is 6.17. The number of carbonyl (C=O) groups excluding carboxylic acids is 1. The molecule has 2 N–H and O–H groups in total. The SMILES string of the molecule is CCOC(=O)C(F)(F)[C@@H](N)c1c2ccccc2cc2ccccc12. The molecule has 0 saturated heterocycles. The third-order valence-electron chi connectivity index (χ3n) is 4.06. The molecule has 0 fully saturated rings. The summed E-state index contributed by atoms with van der Waals surface area (Å²) >= 11 is 0. The van der Waals surface area contributed by atoms with E-state index in [0.717, 1.165) is 10.8 Å². The minimum absolute atomic E-state index is 0.128. The van der Waals surface area contributed by atoms with Gasteiger partial charge in [0.05, 0.1) is 6.61 Å². The minimum Gasteiger partial charge on any atom is -0.462 e. The minimum atomic E-state index is -3.82. The summed E-state index contributed by atoms with van der Waals surface area (Å²) in [6.45, 7) is 1.35. The highest BCUT2D eigenvalue weighted by molar-refractivity contribution is 6.03. The highest BCUT2D eigenvalue weighted by Gasteiger charge is 2.48. The highest BCUT2D eigenvalue weighted by Crippen LogP contribution is 2.39. The van der Waals surface area contributed by atoms with Crippen molar-refractivity contribution in [2.75, 3.05) is 6.61 Å². The predicted molar refractivity (Wildman–Crippen MR) is 90.0 cm³/mol. The van der Waals surface area contributed by atoms with E-state index in [2.05, 4.69) is 4.74 Å². The number of nitrogens with two attached hydrogens (primary N) is 1. The molecule has 24 heavy (non-hydrogen) atoms. The van der Waals surface area contributed by atoms with Gasteiger partial charge in [-0.2, -0.15) is 8.78 Å². The number of benzene rings is 3. The van der Waals surface area contributed by atoms with Gasteiger partial charge in [-0.05, 0) is 40.1 Å². The third-order valence-corrected chi connectivity index (χ3v) is 4.06. The Kier molecular flexibility index (Phi) is 4.20. The molecule has 0 unspecified atom stereocenters. The molecule has 0 heterocycles. The molecule has 124 valence electrons. The van der Waals surface area contributed by atoms with E-state index in [9.17, 15) is 13.6 Å². The quantitative estimate of drug-likeness (QED) is 0.577. The summed E-state index contributed by atoms with van der Waals surface area (Å²) in [5.41, 5.74) is 6.14. The lowest BCUT2D eigenvalue weighted by Crippen LogP contribution is -2.42. The number of alkyl halides is 2. The zero-order valence-corrected chi connectivity index (χ0v) is 13.1. The Labute approximate surface area is 138 Å². The van der Waals surface area contributed by atoms with Gasteiger partial charge in [-0.25, -0.2) is 4.79 Å². The van der Waals surface area contributed by atoms with E-state index >= 15 is 0 Å². The van der Waals surface area contributed by atoms with Crippen molar-refractivity contribution in [3.8, 4) is 0 Å². The number of hydrogen-bond donors (Lipinski definition) is 1. The molecule has 0 aliphatic carbocycles. The average Bonchev–Trinajstić information content (AvgIpc) is 2.59. The fourth-order valence-electron chi connectivity index (χ4n) is 2.92. The Morgan fingerprint density at radius 3 is 2.08 bits per heavy atom. The number of esters is 1. The molecule has 1 atom stereocenters. The Morgan fingerprint density at radius 2 is 1.58 bits per heavy atom. The fraction of sp³-hybridized carbons (Fsp3) is 0.211. The molecule has 5 heteroatoms. The van der Waals surface area contributed by atoms with Crippen LogP contribution in [0.1, 0.15) is 18.5 Å². The summed E-state index contributed by atoms with van der Waals surface area (Å²) in [5, 5.41) is 2.79. The monoisotopic (exact) mass is 329 g/mol. The van der Waals surface area contributed by atoms with Crippen LogP contribution < -0.4 is 5.73 Å². The number of carbonyl (C=O) groups is 1. The Balaban J connectivity index is 2.28. The first kappa shape index (κ1) is 16.3. The standard InChI is InChI=1S/C19H17F2NO2/c1-2-24-18(23)19(20,21)17(22)16-14-9-5-3-7-12(14)11-13-8-4-6-10-15(13)16/h3-11,17H,2,22H2,1H3/t17-/m0/s1. The van der Waals surface area contributed by atoms with E-state index in [1.54, 1.807) is 24.3 Å². The molecular formula is C19H17F2NO2. The van der Waals surface area contributed by atoms with E-state index < -0.39 is 17.9 Å². The molecule has 0 aliphatic rings. The molecular weight excluding hydrogens is 312 g/mol. The Bertz CT molecular complexity index is 854. The fourth-order valence-corrected chi connectivity index (χ4v) is 2.92. The number of fused-ring (bicyclic) bond motifs is 2. The topological polar surface area (TPSA) is 52.3 Å². The van der Waals surface area contributed by atoms with Gasteiger partial charge in [-0.15, -0.1) is 0 Å². The lowest BCUT2D eigenvalue weighted by molar-refractivity contribution is -0.174. The first-order chi connectivity index (χ1) is 11.5. The third kappa shape index (κ3) is 2.61. The van der Waals surface area contributed by atoms with E-state index in [0.29, 0.717) is 10.8 Å². The number of ether oxygens (including phenoxy) is 1. The summed E-state index contributed by atoms with van der Waals surface area (Å²) in [6, 6.07) is 14.4. The van der Waals surface area contributed by atoms with Gasteiger partial charge < -0.3 is 10.5 Å². The molecule has 3 rings (SSSR count). The lowest BCUT2D eigenvalue weighted by Gasteiger charge is -2.24. The number of rotatable bonds is 4. The van der Waals surface area contributed by atoms with Gasteiger partial charge in [-0.3, -0.25) is 0 Å². The van der Waals surface area contributed by atoms with Crippen LogP contribution in [0.3, 0.4) is 0 Å². The summed E-state index contributed by atoms with van der Waals surface area (Å²) in [7, 11) is 0. The van der Waals surface area contributed by atoms with Crippen molar-refractivity contribution >= 4 is 27.5 Å². The van der Waals surface area contributed by atoms with Crippen LogP contribution >= 0.6 is 0 Å². The van der Waals surface area contributed by atoms with Gasteiger partial charge in [0.15, 0.2) is 0 Å². The normalized spacial score (nSPS) is 13.2. The first-order valence-corrected chi connectivity index (χ1v) is 7.67. The van der Waals surface area contributed by atoms with Gasteiger partial charge in [0.2, 0.25) is 0 Å². The van der Waals surface area contributed by atoms with Crippen LogP contribution in [0.4, 0.5) is 8.78 Å². The Morgan fingerprint density at radius 1 is 1.08 bits per heavy atom. The van der Waals surface area contributed by atoms with Crippen LogP contribution in [0.15, 0.2) is 54.6 Å². The van der Waals surface area contributed by atoms with Crippen LogP contribution in [0.5, 0.6) is 0 Å². The van der Waals surface area contributed by atoms with Gasteiger partial charge in [0.1, 0.15) is 6.04 Å². The average molecular weight is 329 g/mol. The van der Waals surface area contributed by atoms with E-state index in [1.165, 1.54) is 6.92 Å². The molecule has 0 radical (unpaired) electrons. The number of halogens is 2. The van der Waals surface area contributed by atoms with Crippen LogP contribution in [0.25, 0.3) is 21.5 Å². The van der Waals surface area contributed by atoms with Crippen molar-refractivity contribution in [2.45, 2.75) is 18.9 Å². The summed E-state index contributed by atoms with van der Waals surface area (Å²) in [5.74, 6) is -5.42. The predicted octanol–water partition coefficient (Wildman–Crippen LogP) is 4.19. The maximum Gasteiger partial charge on any atom is 0.379 e. The van der Waals surface area contributed by atoms with E-state index in [4.69, 9.17) is 5.73 Å². The van der Waals surface area contributed by atoms with E-state index in [1.807, 2.05) is 30.3 Å². The number of hydrogen-bond acceptors (Lipinski definition) is 3. The smallest absolute Gasteiger partial charge is 0.379 e. The van der Waals surface area contributed by atoms with Gasteiger partial charge in [0, 0.05) is 0 Å². The summed E-state index contributed by atoms with van der Waals surface area (Å²) < 4.78 is 33.6. The molecule has 0 saturated carbocycles. The molecule has 3 aromatic carbocycles. The van der Waals surface area contributed by atoms with Gasteiger partial charge in [0.25, 0.3) is 0 Å². The second-order valence-electron chi connectivity index (χ2n) is 5.55. The van der Waals surface area contributed by atoms with Crippen LogP contribution in [0, 0.1) is 0 Å². The van der Waals surface area contributed by atoms with Crippen molar-refractivity contribution in [3.05, 3.63) is 60.2 Å². The molecule has 0 aromatic heterocycles. The first-order valence-electron chi connectivity index (χ1n) is 7.67. The molecule has 0 spiro atoms. The molecule has 0 bridgehead atoms. The van der Waals surface area contributed by atoms with Crippen molar-refractivity contribution in [2.24, 2.45) is 5.73 Å². The zero-order chi connectivity index (χ0) is 17.3.